The molecule has 0 bridgehead atoms. The molecule has 202 valence electrons. The van der Waals surface area contributed by atoms with E-state index in [1.165, 1.54) is 23.5 Å². The van der Waals surface area contributed by atoms with Crippen LogP contribution < -0.4 is 9.64 Å². The monoisotopic (exact) mass is 545 g/mol. The first-order valence-corrected chi connectivity index (χ1v) is 14.3. The molecule has 1 unspecified atom stereocenters. The number of anilines is 1. The Morgan fingerprint density at radius 2 is 1.69 bits per heavy atom. The van der Waals surface area contributed by atoms with E-state index in [1.54, 1.807) is 24.3 Å². The summed E-state index contributed by atoms with van der Waals surface area (Å²) in [6.07, 6.45) is 1.99. The number of hydrogen-bond donors (Lipinski definition) is 1. The first-order chi connectivity index (χ1) is 18.7. The molecule has 8 nitrogen and oxygen atoms in total. The van der Waals surface area contributed by atoms with Crippen LogP contribution in [0.5, 0.6) is 5.75 Å². The predicted octanol–water partition coefficient (Wildman–Crippen LogP) is 4.87. The quantitative estimate of drug-likeness (QED) is 0.303. The van der Waals surface area contributed by atoms with Gasteiger partial charge in [0, 0.05) is 23.6 Å². The van der Waals surface area contributed by atoms with Crippen LogP contribution in [-0.4, -0.2) is 49.2 Å². The number of fused-ring (bicyclic) bond motifs is 1. The standard InChI is InChI=1S/C30H31N3O5S/c1-20(2)21-8-10-23(11-9-21)33-29(34)18-28(30(33)35)32(39(36,37)25-14-12-24(38-3)13-15-25)17-16-22-19-31-27-7-5-4-6-26(22)27/h4-15,19-20,28,31H,16-18H2,1-3H3. The number of hydrogen-bond acceptors (Lipinski definition) is 5. The second kappa shape index (κ2) is 10.7. The number of amides is 2. The van der Waals surface area contributed by atoms with E-state index in [0.29, 0.717) is 23.8 Å². The fourth-order valence-corrected chi connectivity index (χ4v) is 6.60. The number of carbonyl (C=O) groups is 2. The summed E-state index contributed by atoms with van der Waals surface area (Å²) < 4.78 is 34.3. The number of sulfonamides is 1. The van der Waals surface area contributed by atoms with Gasteiger partial charge in [-0.2, -0.15) is 4.31 Å². The molecule has 4 aromatic rings. The number of nitrogens with zero attached hydrogens (tertiary/aromatic N) is 2. The minimum absolute atomic E-state index is 0.0278. The van der Waals surface area contributed by atoms with Crippen LogP contribution in [0.4, 0.5) is 5.69 Å². The largest absolute Gasteiger partial charge is 0.497 e. The Bertz CT molecular complexity index is 1610. The van der Waals surface area contributed by atoms with Gasteiger partial charge >= 0.3 is 0 Å². The van der Waals surface area contributed by atoms with Gasteiger partial charge in [-0.05, 0) is 65.9 Å². The molecular weight excluding hydrogens is 514 g/mol. The van der Waals surface area contributed by atoms with E-state index in [4.69, 9.17) is 4.74 Å². The van der Waals surface area contributed by atoms with Crippen LogP contribution in [0.25, 0.3) is 10.9 Å². The number of aromatic nitrogens is 1. The van der Waals surface area contributed by atoms with Crippen molar-refractivity contribution in [3.63, 3.8) is 0 Å². The number of rotatable bonds is 9. The third kappa shape index (κ3) is 5.07. The molecule has 0 saturated carbocycles. The molecule has 5 rings (SSSR count). The molecule has 2 heterocycles. The third-order valence-corrected chi connectivity index (χ3v) is 9.15. The maximum absolute atomic E-state index is 14.0. The molecule has 1 aliphatic heterocycles. The fraction of sp³-hybridized carbons (Fsp3) is 0.267. The zero-order chi connectivity index (χ0) is 27.7. The molecule has 1 N–H and O–H groups in total. The zero-order valence-corrected chi connectivity index (χ0v) is 22.9. The number of benzene rings is 3. The Morgan fingerprint density at radius 1 is 1.00 bits per heavy atom. The lowest BCUT2D eigenvalue weighted by atomic mass is 10.0. The van der Waals surface area contributed by atoms with E-state index in [1.807, 2.05) is 42.6 Å². The Morgan fingerprint density at radius 3 is 2.36 bits per heavy atom. The summed E-state index contributed by atoms with van der Waals surface area (Å²) in [4.78, 5) is 31.2. The number of methoxy groups -OCH3 is 1. The van der Waals surface area contributed by atoms with E-state index >= 15 is 0 Å². The van der Waals surface area contributed by atoms with E-state index in [-0.39, 0.29) is 17.9 Å². The molecule has 1 aliphatic rings. The van der Waals surface area contributed by atoms with Crippen LogP contribution in [0.15, 0.2) is 83.9 Å². The van der Waals surface area contributed by atoms with Gasteiger partial charge < -0.3 is 9.72 Å². The van der Waals surface area contributed by atoms with E-state index in [0.717, 1.165) is 26.9 Å². The third-order valence-electron chi connectivity index (χ3n) is 7.23. The number of imide groups is 1. The first-order valence-electron chi connectivity index (χ1n) is 12.9. The van der Waals surface area contributed by atoms with Crippen molar-refractivity contribution < 1.29 is 22.7 Å². The molecule has 1 saturated heterocycles. The van der Waals surface area contributed by atoms with Crippen molar-refractivity contribution in [1.82, 2.24) is 9.29 Å². The van der Waals surface area contributed by atoms with Crippen LogP contribution in [0, 0.1) is 0 Å². The summed E-state index contributed by atoms with van der Waals surface area (Å²) in [5.41, 5.74) is 3.39. The van der Waals surface area contributed by atoms with Crippen LogP contribution in [0.2, 0.25) is 0 Å². The Labute approximate surface area is 228 Å². The lowest BCUT2D eigenvalue weighted by Gasteiger charge is -2.27. The molecule has 0 spiro atoms. The number of aromatic amines is 1. The second-order valence-electron chi connectivity index (χ2n) is 9.93. The topological polar surface area (TPSA) is 99.8 Å². The predicted molar refractivity (Wildman–Crippen MR) is 150 cm³/mol. The van der Waals surface area contributed by atoms with Gasteiger partial charge in [-0.25, -0.2) is 13.3 Å². The molecule has 3 aromatic carbocycles. The van der Waals surface area contributed by atoms with Crippen molar-refractivity contribution in [2.75, 3.05) is 18.6 Å². The maximum Gasteiger partial charge on any atom is 0.252 e. The number of H-pyrrole nitrogens is 1. The molecule has 2 amide bonds. The van der Waals surface area contributed by atoms with Gasteiger partial charge in [-0.1, -0.05) is 44.2 Å². The first kappa shape index (κ1) is 26.6. The lowest BCUT2D eigenvalue weighted by molar-refractivity contribution is -0.122. The lowest BCUT2D eigenvalue weighted by Crippen LogP contribution is -2.46. The average Bonchev–Trinajstić information content (AvgIpc) is 3.48. The molecule has 1 atom stereocenters. The highest BCUT2D eigenvalue weighted by Gasteiger charge is 2.46. The SMILES string of the molecule is COc1ccc(S(=O)(=O)N(CCc2c[nH]c3ccccc23)C2CC(=O)N(c3ccc(C(C)C)cc3)C2=O)cc1. The van der Waals surface area contributed by atoms with Crippen LogP contribution in [0.3, 0.4) is 0 Å². The van der Waals surface area contributed by atoms with Crippen molar-refractivity contribution in [3.05, 3.63) is 90.1 Å². The maximum atomic E-state index is 14.0. The highest BCUT2D eigenvalue weighted by molar-refractivity contribution is 7.89. The van der Waals surface area contributed by atoms with Gasteiger partial charge in [-0.3, -0.25) is 9.59 Å². The van der Waals surface area contributed by atoms with Gasteiger partial charge in [0.1, 0.15) is 11.8 Å². The fourth-order valence-electron chi connectivity index (χ4n) is 5.02. The summed E-state index contributed by atoms with van der Waals surface area (Å²) in [6, 6.07) is 19.9. The van der Waals surface area contributed by atoms with Gasteiger partial charge in [-0.15, -0.1) is 0 Å². The van der Waals surface area contributed by atoms with Crippen molar-refractivity contribution >= 4 is 38.4 Å². The Kier molecular flexibility index (Phi) is 7.29. The summed E-state index contributed by atoms with van der Waals surface area (Å²) in [5, 5.41) is 0.986. The zero-order valence-electron chi connectivity index (χ0n) is 22.1. The molecule has 0 aliphatic carbocycles. The summed E-state index contributed by atoms with van der Waals surface area (Å²) in [7, 11) is -2.63. The number of ether oxygens (including phenoxy) is 1. The van der Waals surface area contributed by atoms with Crippen molar-refractivity contribution in [1.29, 1.82) is 0 Å². The molecule has 0 radical (unpaired) electrons. The van der Waals surface area contributed by atoms with Crippen LogP contribution in [-0.2, 0) is 26.0 Å². The summed E-state index contributed by atoms with van der Waals surface area (Å²) in [5.74, 6) is -0.161. The normalized spacial score (nSPS) is 16.1. The van der Waals surface area contributed by atoms with Crippen LogP contribution in [0.1, 0.15) is 37.3 Å². The van der Waals surface area contributed by atoms with Crippen LogP contribution >= 0.6 is 0 Å². The van der Waals surface area contributed by atoms with E-state index in [9.17, 15) is 18.0 Å². The number of nitrogens with one attached hydrogen (secondary N) is 1. The minimum atomic E-state index is -4.13. The van der Waals surface area contributed by atoms with Gasteiger partial charge in [0.2, 0.25) is 15.9 Å². The summed E-state index contributed by atoms with van der Waals surface area (Å²) in [6.45, 7) is 4.15. The number of para-hydroxylation sites is 1. The molecule has 9 heteroatoms. The minimum Gasteiger partial charge on any atom is -0.497 e. The number of carbonyl (C=O) groups excluding carboxylic acids is 2. The smallest absolute Gasteiger partial charge is 0.252 e. The molecule has 1 aromatic heterocycles. The Hall–Kier alpha value is -3.95. The van der Waals surface area contributed by atoms with Gasteiger partial charge in [0.15, 0.2) is 0 Å². The average molecular weight is 546 g/mol. The van der Waals surface area contributed by atoms with E-state index < -0.39 is 27.9 Å². The molecule has 1 fully saturated rings. The second-order valence-corrected chi connectivity index (χ2v) is 11.8. The highest BCUT2D eigenvalue weighted by atomic mass is 32.2. The van der Waals surface area contributed by atoms with Gasteiger partial charge in [0.05, 0.1) is 24.1 Å². The Balaban J connectivity index is 1.49. The molecule has 39 heavy (non-hydrogen) atoms. The van der Waals surface area contributed by atoms with E-state index in [2.05, 4.69) is 18.8 Å². The molecular formula is C30H31N3O5S. The van der Waals surface area contributed by atoms with Crippen molar-refractivity contribution in [3.8, 4) is 5.75 Å². The van der Waals surface area contributed by atoms with Crippen molar-refractivity contribution in [2.24, 2.45) is 0 Å². The summed E-state index contributed by atoms with van der Waals surface area (Å²) >= 11 is 0. The van der Waals surface area contributed by atoms with Crippen molar-refractivity contribution in [2.45, 2.75) is 43.5 Å². The van der Waals surface area contributed by atoms with Gasteiger partial charge in [0.25, 0.3) is 5.91 Å². The highest BCUT2D eigenvalue weighted by Crippen LogP contribution is 2.31.